The number of anilines is 1. The predicted molar refractivity (Wildman–Crippen MR) is 73.6 cm³/mol. The van der Waals surface area contributed by atoms with Crippen LogP contribution in [0.1, 0.15) is 19.3 Å². The summed E-state index contributed by atoms with van der Waals surface area (Å²) in [6, 6.07) is 5.79. The van der Waals surface area contributed by atoms with Crippen molar-refractivity contribution in [2.24, 2.45) is 5.92 Å². The van der Waals surface area contributed by atoms with Gasteiger partial charge in [0.2, 0.25) is 0 Å². The molecule has 4 nitrogen and oxygen atoms in total. The van der Waals surface area contributed by atoms with Crippen LogP contribution in [-0.2, 0) is 0 Å². The van der Waals surface area contributed by atoms with Crippen LogP contribution in [0.3, 0.4) is 0 Å². The van der Waals surface area contributed by atoms with Crippen LogP contribution in [0.2, 0.25) is 0 Å². The van der Waals surface area contributed by atoms with Crippen molar-refractivity contribution in [3.8, 4) is 0 Å². The molecule has 104 valence electrons. The van der Waals surface area contributed by atoms with E-state index in [4.69, 9.17) is 0 Å². The van der Waals surface area contributed by atoms with Crippen LogP contribution >= 0.6 is 0 Å². The van der Waals surface area contributed by atoms with E-state index in [0.29, 0.717) is 12.5 Å². The molecule has 0 spiro atoms. The van der Waals surface area contributed by atoms with E-state index in [1.54, 1.807) is 18.2 Å². The van der Waals surface area contributed by atoms with Crippen LogP contribution in [0.15, 0.2) is 24.3 Å². The second-order valence-electron chi connectivity index (χ2n) is 4.86. The summed E-state index contributed by atoms with van der Waals surface area (Å²) in [5.41, 5.74) is 0.208. The zero-order valence-corrected chi connectivity index (χ0v) is 10.9. The van der Waals surface area contributed by atoms with E-state index in [1.807, 2.05) is 0 Å². The first-order valence-corrected chi connectivity index (χ1v) is 6.76. The van der Waals surface area contributed by atoms with Crippen LogP contribution in [0.5, 0.6) is 0 Å². The molecule has 1 aromatic rings. The summed E-state index contributed by atoms with van der Waals surface area (Å²) in [6.45, 7) is 2.74. The lowest BCUT2D eigenvalue weighted by molar-refractivity contribution is 0.250. The summed E-state index contributed by atoms with van der Waals surface area (Å²) in [5.74, 6) is 0.205. The molecule has 2 amide bonds. The number of para-hydroxylation sites is 1. The van der Waals surface area contributed by atoms with Crippen molar-refractivity contribution in [3.63, 3.8) is 0 Å². The SMILES string of the molecule is O=C(NCCC1CCCNC1)Nc1ccccc1F. The minimum absolute atomic E-state index is 0.208. The number of halogens is 1. The van der Waals surface area contributed by atoms with Crippen molar-refractivity contribution in [1.82, 2.24) is 10.6 Å². The topological polar surface area (TPSA) is 53.2 Å². The summed E-state index contributed by atoms with van der Waals surface area (Å²) < 4.78 is 13.3. The number of hydrogen-bond donors (Lipinski definition) is 3. The highest BCUT2D eigenvalue weighted by Crippen LogP contribution is 2.13. The molecular formula is C14H20FN3O. The van der Waals surface area contributed by atoms with Gasteiger partial charge in [0, 0.05) is 6.54 Å². The summed E-state index contributed by atoms with van der Waals surface area (Å²) in [6.07, 6.45) is 3.37. The number of piperidine rings is 1. The van der Waals surface area contributed by atoms with E-state index >= 15 is 0 Å². The molecule has 5 heteroatoms. The molecule has 0 radical (unpaired) electrons. The Bertz CT molecular complexity index is 419. The zero-order chi connectivity index (χ0) is 13.5. The molecule has 0 saturated carbocycles. The molecule has 0 aliphatic carbocycles. The van der Waals surface area contributed by atoms with E-state index < -0.39 is 5.82 Å². The number of carbonyl (C=O) groups excluding carboxylic acids is 1. The highest BCUT2D eigenvalue weighted by atomic mass is 19.1. The largest absolute Gasteiger partial charge is 0.338 e. The first kappa shape index (κ1) is 13.8. The van der Waals surface area contributed by atoms with Gasteiger partial charge in [-0.05, 0) is 50.4 Å². The standard InChI is InChI=1S/C14H20FN3O/c15-12-5-1-2-6-13(12)18-14(19)17-9-7-11-4-3-8-16-10-11/h1-2,5-6,11,16H,3-4,7-10H2,(H2,17,18,19). The Morgan fingerprint density at radius 1 is 1.42 bits per heavy atom. The smallest absolute Gasteiger partial charge is 0.319 e. The van der Waals surface area contributed by atoms with Crippen molar-refractivity contribution in [2.45, 2.75) is 19.3 Å². The summed E-state index contributed by atoms with van der Waals surface area (Å²) in [4.78, 5) is 11.6. The third-order valence-electron chi connectivity index (χ3n) is 3.36. The molecule has 19 heavy (non-hydrogen) atoms. The molecule has 1 heterocycles. The number of nitrogens with one attached hydrogen (secondary N) is 3. The number of carbonyl (C=O) groups is 1. The first-order chi connectivity index (χ1) is 9.25. The second-order valence-corrected chi connectivity index (χ2v) is 4.86. The Labute approximate surface area is 112 Å². The van der Waals surface area contributed by atoms with E-state index in [9.17, 15) is 9.18 Å². The number of amides is 2. The van der Waals surface area contributed by atoms with Crippen molar-refractivity contribution in [3.05, 3.63) is 30.1 Å². The van der Waals surface area contributed by atoms with Gasteiger partial charge in [0.05, 0.1) is 5.69 Å². The average Bonchev–Trinajstić information content (AvgIpc) is 2.43. The van der Waals surface area contributed by atoms with E-state index in [1.165, 1.54) is 18.9 Å². The van der Waals surface area contributed by atoms with Gasteiger partial charge in [0.15, 0.2) is 0 Å². The Kier molecular flexibility index (Phi) is 5.15. The molecule has 1 atom stereocenters. The maximum Gasteiger partial charge on any atom is 0.319 e. The molecule has 0 aromatic heterocycles. The summed E-state index contributed by atoms with van der Waals surface area (Å²) >= 11 is 0. The fourth-order valence-corrected chi connectivity index (χ4v) is 2.29. The highest BCUT2D eigenvalue weighted by molar-refractivity contribution is 5.89. The minimum atomic E-state index is -0.422. The maximum absolute atomic E-state index is 13.3. The molecular weight excluding hydrogens is 245 g/mol. The van der Waals surface area contributed by atoms with Gasteiger partial charge in [0.25, 0.3) is 0 Å². The van der Waals surface area contributed by atoms with Gasteiger partial charge in [-0.25, -0.2) is 9.18 Å². The van der Waals surface area contributed by atoms with Gasteiger partial charge in [-0.15, -0.1) is 0 Å². The fourth-order valence-electron chi connectivity index (χ4n) is 2.29. The highest BCUT2D eigenvalue weighted by Gasteiger charge is 2.13. The number of benzene rings is 1. The molecule has 1 saturated heterocycles. The van der Waals surface area contributed by atoms with Gasteiger partial charge >= 0.3 is 6.03 Å². The van der Waals surface area contributed by atoms with Crippen LogP contribution in [0, 0.1) is 11.7 Å². The van der Waals surface area contributed by atoms with Gasteiger partial charge < -0.3 is 16.0 Å². The summed E-state index contributed by atoms with van der Waals surface area (Å²) in [5, 5.41) is 8.61. The van der Waals surface area contributed by atoms with Crippen molar-refractivity contribution >= 4 is 11.7 Å². The van der Waals surface area contributed by atoms with Crippen molar-refractivity contribution in [1.29, 1.82) is 0 Å². The third-order valence-corrected chi connectivity index (χ3v) is 3.36. The number of hydrogen-bond acceptors (Lipinski definition) is 2. The number of urea groups is 1. The number of rotatable bonds is 4. The zero-order valence-electron chi connectivity index (χ0n) is 10.9. The normalized spacial score (nSPS) is 18.9. The van der Waals surface area contributed by atoms with Crippen molar-refractivity contribution in [2.75, 3.05) is 25.0 Å². The maximum atomic E-state index is 13.3. The van der Waals surface area contributed by atoms with E-state index in [-0.39, 0.29) is 11.7 Å². The minimum Gasteiger partial charge on any atom is -0.338 e. The van der Waals surface area contributed by atoms with Crippen LogP contribution in [0.25, 0.3) is 0 Å². The van der Waals surface area contributed by atoms with E-state index in [2.05, 4.69) is 16.0 Å². The fraction of sp³-hybridized carbons (Fsp3) is 0.500. The molecule has 2 rings (SSSR count). The van der Waals surface area contributed by atoms with Gasteiger partial charge in [-0.3, -0.25) is 0 Å². The molecule has 1 unspecified atom stereocenters. The summed E-state index contributed by atoms with van der Waals surface area (Å²) in [7, 11) is 0. The Hall–Kier alpha value is -1.62. The lowest BCUT2D eigenvalue weighted by Crippen LogP contribution is -2.34. The second kappa shape index (κ2) is 7.09. The molecule has 1 fully saturated rings. The van der Waals surface area contributed by atoms with Crippen LogP contribution in [-0.4, -0.2) is 25.7 Å². The van der Waals surface area contributed by atoms with Crippen molar-refractivity contribution < 1.29 is 9.18 Å². The molecule has 1 aliphatic rings. The molecule has 1 aromatic carbocycles. The molecule has 3 N–H and O–H groups in total. The lowest BCUT2D eigenvalue weighted by atomic mass is 9.96. The van der Waals surface area contributed by atoms with Gasteiger partial charge in [0.1, 0.15) is 5.82 Å². The molecule has 1 aliphatic heterocycles. The van der Waals surface area contributed by atoms with Gasteiger partial charge in [-0.1, -0.05) is 12.1 Å². The molecule has 0 bridgehead atoms. The average molecular weight is 265 g/mol. The Morgan fingerprint density at radius 2 is 2.26 bits per heavy atom. The van der Waals surface area contributed by atoms with Gasteiger partial charge in [-0.2, -0.15) is 0 Å². The van der Waals surface area contributed by atoms with Crippen LogP contribution < -0.4 is 16.0 Å². The predicted octanol–water partition coefficient (Wildman–Crippen LogP) is 2.34. The quantitative estimate of drug-likeness (QED) is 0.782. The Balaban J connectivity index is 1.68. The third kappa shape index (κ3) is 4.52. The van der Waals surface area contributed by atoms with E-state index in [0.717, 1.165) is 19.5 Å². The first-order valence-electron chi connectivity index (χ1n) is 6.76. The Morgan fingerprint density at radius 3 is 3.00 bits per heavy atom. The van der Waals surface area contributed by atoms with Crippen LogP contribution in [0.4, 0.5) is 14.9 Å². The lowest BCUT2D eigenvalue weighted by Gasteiger charge is -2.22. The monoisotopic (exact) mass is 265 g/mol.